The fourth-order valence-corrected chi connectivity index (χ4v) is 5.61. The van der Waals surface area contributed by atoms with Gasteiger partial charge in [-0.1, -0.05) is 18.2 Å². The molecule has 2 heterocycles. The van der Waals surface area contributed by atoms with E-state index in [9.17, 15) is 14.9 Å². The molecule has 0 radical (unpaired) electrons. The summed E-state index contributed by atoms with van der Waals surface area (Å²) in [5, 5.41) is 13.1. The average molecular weight is 497 g/mol. The summed E-state index contributed by atoms with van der Waals surface area (Å²) in [5.74, 6) is 1.28. The van der Waals surface area contributed by atoms with Crippen LogP contribution in [-0.4, -0.2) is 47.9 Å². The Hall–Kier alpha value is -3.89. The number of fused-ring (bicyclic) bond motifs is 1. The number of amides is 1. The Kier molecular flexibility index (Phi) is 7.38. The van der Waals surface area contributed by atoms with E-state index in [0.717, 1.165) is 61.2 Å². The first-order chi connectivity index (χ1) is 18.1. The molecule has 1 aliphatic carbocycles. The summed E-state index contributed by atoms with van der Waals surface area (Å²) in [6, 6.07) is 19.5. The van der Waals surface area contributed by atoms with Crippen LogP contribution in [0.2, 0.25) is 0 Å². The van der Waals surface area contributed by atoms with Crippen molar-refractivity contribution in [3.8, 4) is 17.5 Å². The first-order valence-corrected chi connectivity index (χ1v) is 13.0. The number of carbonyl (C=O) groups is 2. The summed E-state index contributed by atoms with van der Waals surface area (Å²) in [6.45, 7) is 1.60. The molecule has 1 N–H and O–H groups in total. The van der Waals surface area contributed by atoms with Crippen LogP contribution in [-0.2, 0) is 17.6 Å². The molecule has 2 aliphatic rings. The minimum absolute atomic E-state index is 0.0417. The Morgan fingerprint density at radius 1 is 1.03 bits per heavy atom. The van der Waals surface area contributed by atoms with E-state index in [1.54, 1.807) is 7.11 Å². The van der Waals surface area contributed by atoms with Gasteiger partial charge < -0.3 is 10.1 Å². The van der Waals surface area contributed by atoms with Crippen LogP contribution < -0.4 is 10.1 Å². The molecule has 0 unspecified atom stereocenters. The maximum atomic E-state index is 13.2. The fourth-order valence-electron chi connectivity index (χ4n) is 5.61. The van der Waals surface area contributed by atoms with Gasteiger partial charge in [-0.05, 0) is 93.6 Å². The van der Waals surface area contributed by atoms with Crippen molar-refractivity contribution >= 4 is 17.5 Å². The number of aromatic nitrogens is 1. The topological polar surface area (TPSA) is 87.4 Å². The number of nitrogens with zero attached hydrogens (tertiary/aromatic N) is 3. The Labute approximate surface area is 217 Å². The molecule has 3 aromatic rings. The van der Waals surface area contributed by atoms with E-state index >= 15 is 0 Å². The van der Waals surface area contributed by atoms with Crippen LogP contribution in [0.25, 0.3) is 5.69 Å². The third-order valence-corrected chi connectivity index (χ3v) is 7.55. The van der Waals surface area contributed by atoms with Gasteiger partial charge in [-0.3, -0.25) is 19.1 Å². The average Bonchev–Trinajstić information content (AvgIpc) is 3.26. The molecule has 190 valence electrons. The lowest BCUT2D eigenvalue weighted by Crippen LogP contribution is -2.41. The molecule has 7 nitrogen and oxygen atoms in total. The molecule has 0 spiro atoms. The molecule has 7 heteroatoms. The summed E-state index contributed by atoms with van der Waals surface area (Å²) in [6.07, 6.45) is 5.32. The zero-order valence-corrected chi connectivity index (χ0v) is 21.2. The van der Waals surface area contributed by atoms with E-state index in [0.29, 0.717) is 30.0 Å². The summed E-state index contributed by atoms with van der Waals surface area (Å²) in [7, 11) is 1.61. The van der Waals surface area contributed by atoms with E-state index in [4.69, 9.17) is 4.74 Å². The van der Waals surface area contributed by atoms with Gasteiger partial charge in [-0.2, -0.15) is 5.26 Å². The van der Waals surface area contributed by atoms with Crippen molar-refractivity contribution < 1.29 is 14.3 Å². The number of ketones is 1. The standard InChI is InChI=1S/C30H32N4O3/c1-37-24-13-11-21(12-14-24)29(36)22-15-17-33(18-16-22)20-28(35)32-30-26(19-31)25-9-5-6-10-27(25)34(30)23-7-3-2-4-8-23/h2-4,7-8,11-14,22H,5-6,9-10,15-18,20H2,1H3,(H,32,35). The van der Waals surface area contributed by atoms with Crippen molar-refractivity contribution in [2.75, 3.05) is 32.1 Å². The Morgan fingerprint density at radius 2 is 1.73 bits per heavy atom. The van der Waals surface area contributed by atoms with Gasteiger partial charge in [0.1, 0.15) is 17.6 Å². The Balaban J connectivity index is 1.26. The summed E-state index contributed by atoms with van der Waals surface area (Å²) in [5.41, 5.74) is 4.42. The largest absolute Gasteiger partial charge is 0.497 e. The minimum atomic E-state index is -0.136. The highest BCUT2D eigenvalue weighted by Gasteiger charge is 2.29. The number of para-hydroxylation sites is 1. The quantitative estimate of drug-likeness (QED) is 0.476. The molecule has 0 bridgehead atoms. The lowest BCUT2D eigenvalue weighted by Gasteiger charge is -2.30. The summed E-state index contributed by atoms with van der Waals surface area (Å²) < 4.78 is 7.24. The van der Waals surface area contributed by atoms with Crippen molar-refractivity contribution in [3.05, 3.63) is 77.0 Å². The van der Waals surface area contributed by atoms with E-state index in [2.05, 4.69) is 20.9 Å². The van der Waals surface area contributed by atoms with Crippen LogP contribution in [0.4, 0.5) is 5.82 Å². The number of nitrogens with one attached hydrogen (secondary N) is 1. The number of nitriles is 1. The van der Waals surface area contributed by atoms with Gasteiger partial charge in [0.05, 0.1) is 19.2 Å². The fraction of sp³-hybridized carbons (Fsp3) is 0.367. The van der Waals surface area contributed by atoms with Gasteiger partial charge in [-0.25, -0.2) is 0 Å². The highest BCUT2D eigenvalue weighted by atomic mass is 16.5. The zero-order valence-electron chi connectivity index (χ0n) is 21.2. The monoisotopic (exact) mass is 496 g/mol. The van der Waals surface area contributed by atoms with Crippen molar-refractivity contribution in [2.24, 2.45) is 5.92 Å². The first-order valence-electron chi connectivity index (χ1n) is 13.0. The third-order valence-electron chi connectivity index (χ3n) is 7.55. The second kappa shape index (κ2) is 11.0. The molecule has 0 atom stereocenters. The summed E-state index contributed by atoms with van der Waals surface area (Å²) in [4.78, 5) is 28.2. The second-order valence-electron chi connectivity index (χ2n) is 9.83. The number of Topliss-reactive ketones (excluding diaryl/α,β-unsaturated/α-hetero) is 1. The van der Waals surface area contributed by atoms with Crippen molar-refractivity contribution in [1.82, 2.24) is 9.47 Å². The van der Waals surface area contributed by atoms with Gasteiger partial charge >= 0.3 is 0 Å². The van der Waals surface area contributed by atoms with Gasteiger partial charge in [0.15, 0.2) is 5.78 Å². The van der Waals surface area contributed by atoms with Crippen LogP contribution in [0.3, 0.4) is 0 Å². The van der Waals surface area contributed by atoms with Crippen LogP contribution >= 0.6 is 0 Å². The molecule has 37 heavy (non-hydrogen) atoms. The molecule has 1 amide bonds. The van der Waals surface area contributed by atoms with Crippen LogP contribution in [0.1, 0.15) is 52.9 Å². The molecule has 1 fully saturated rings. The number of hydrogen-bond acceptors (Lipinski definition) is 5. The first kappa shape index (κ1) is 24.8. The normalized spacial score (nSPS) is 16.0. The van der Waals surface area contributed by atoms with Gasteiger partial charge in [0, 0.05) is 22.9 Å². The van der Waals surface area contributed by atoms with Crippen molar-refractivity contribution in [3.63, 3.8) is 0 Å². The number of methoxy groups -OCH3 is 1. The molecule has 2 aromatic carbocycles. The second-order valence-corrected chi connectivity index (χ2v) is 9.83. The smallest absolute Gasteiger partial charge is 0.239 e. The predicted molar refractivity (Wildman–Crippen MR) is 142 cm³/mol. The molecular weight excluding hydrogens is 464 g/mol. The molecule has 1 aromatic heterocycles. The van der Waals surface area contributed by atoms with Gasteiger partial charge in [0.2, 0.25) is 5.91 Å². The molecular formula is C30H32N4O3. The zero-order chi connectivity index (χ0) is 25.8. The van der Waals surface area contributed by atoms with Crippen LogP contribution in [0.15, 0.2) is 54.6 Å². The van der Waals surface area contributed by atoms with E-state index in [1.165, 1.54) is 0 Å². The number of hydrogen-bond donors (Lipinski definition) is 1. The number of likely N-dealkylation sites (tertiary alicyclic amines) is 1. The minimum Gasteiger partial charge on any atom is -0.497 e. The number of ether oxygens (including phenoxy) is 1. The van der Waals surface area contributed by atoms with Crippen LogP contribution in [0, 0.1) is 17.2 Å². The molecule has 1 aliphatic heterocycles. The lowest BCUT2D eigenvalue weighted by atomic mass is 9.89. The maximum absolute atomic E-state index is 13.2. The Bertz CT molecular complexity index is 1310. The highest BCUT2D eigenvalue weighted by molar-refractivity contribution is 5.98. The van der Waals surface area contributed by atoms with E-state index < -0.39 is 0 Å². The lowest BCUT2D eigenvalue weighted by molar-refractivity contribution is -0.117. The molecule has 1 saturated heterocycles. The van der Waals surface area contributed by atoms with Gasteiger partial charge in [-0.15, -0.1) is 0 Å². The van der Waals surface area contributed by atoms with Crippen LogP contribution in [0.5, 0.6) is 5.75 Å². The molecule has 5 rings (SSSR count). The maximum Gasteiger partial charge on any atom is 0.239 e. The molecule has 0 saturated carbocycles. The number of piperidine rings is 1. The van der Waals surface area contributed by atoms with Crippen molar-refractivity contribution in [1.29, 1.82) is 5.26 Å². The third kappa shape index (κ3) is 5.16. The number of rotatable bonds is 7. The predicted octanol–water partition coefficient (Wildman–Crippen LogP) is 4.77. The SMILES string of the molecule is COc1ccc(C(=O)C2CCN(CC(=O)Nc3c(C#N)c4c(n3-c3ccccc3)CCCC4)CC2)cc1. The Morgan fingerprint density at radius 3 is 2.41 bits per heavy atom. The number of carbonyl (C=O) groups excluding carboxylic acids is 2. The van der Waals surface area contributed by atoms with E-state index in [1.807, 2.05) is 54.6 Å². The van der Waals surface area contributed by atoms with E-state index in [-0.39, 0.29) is 24.2 Å². The van der Waals surface area contributed by atoms with Crippen molar-refractivity contribution in [2.45, 2.75) is 38.5 Å². The number of benzene rings is 2. The highest BCUT2D eigenvalue weighted by Crippen LogP contribution is 2.35. The summed E-state index contributed by atoms with van der Waals surface area (Å²) >= 11 is 0. The number of anilines is 1. The van der Waals surface area contributed by atoms with Gasteiger partial charge in [0.25, 0.3) is 0 Å².